The third-order valence-electron chi connectivity index (χ3n) is 4.82. The molecule has 0 aliphatic rings. The summed E-state index contributed by atoms with van der Waals surface area (Å²) < 4.78 is 27.8. The summed E-state index contributed by atoms with van der Waals surface area (Å²) in [5.41, 5.74) is 3.11. The van der Waals surface area contributed by atoms with Crippen LogP contribution < -0.4 is 15.5 Å². The minimum atomic E-state index is -4.35. The fourth-order valence-corrected chi connectivity index (χ4v) is 4.22. The van der Waals surface area contributed by atoms with Crippen molar-refractivity contribution in [1.29, 1.82) is 0 Å². The van der Waals surface area contributed by atoms with Crippen molar-refractivity contribution in [1.82, 2.24) is 0 Å². The number of carbonyl (C=O) groups is 2. The van der Waals surface area contributed by atoms with Gasteiger partial charge in [0.25, 0.3) is 15.7 Å². The molecule has 0 unspecified atom stereocenters. The Balaban J connectivity index is 1.89. The van der Waals surface area contributed by atoms with Crippen LogP contribution in [-0.4, -0.2) is 36.0 Å². The highest BCUT2D eigenvalue weighted by molar-refractivity contribution is 7.92. The van der Waals surface area contributed by atoms with Crippen molar-refractivity contribution in [2.75, 3.05) is 15.5 Å². The monoisotopic (exact) mass is 511 g/mol. The van der Waals surface area contributed by atoms with Crippen molar-refractivity contribution < 1.29 is 28.0 Å². The second-order valence-corrected chi connectivity index (χ2v) is 9.15. The van der Waals surface area contributed by atoms with E-state index in [0.29, 0.717) is 17.0 Å². The van der Waals surface area contributed by atoms with Crippen LogP contribution in [0.4, 0.5) is 22.7 Å². The van der Waals surface area contributed by atoms with Crippen molar-refractivity contribution in [3.8, 4) is 0 Å². The first-order valence-corrected chi connectivity index (χ1v) is 11.8. The van der Waals surface area contributed by atoms with Gasteiger partial charge in [-0.05, 0) is 48.9 Å². The molecule has 0 atom stereocenters. The Kier molecular flexibility index (Phi) is 7.64. The summed E-state index contributed by atoms with van der Waals surface area (Å²) >= 11 is 0. The molecule has 0 aromatic heterocycles. The van der Waals surface area contributed by atoms with Crippen molar-refractivity contribution >= 4 is 50.4 Å². The maximum Gasteiger partial charge on any atom is 0.337 e. The van der Waals surface area contributed by atoms with Gasteiger partial charge in [-0.15, -0.1) is 0 Å². The van der Waals surface area contributed by atoms with Gasteiger partial charge in [-0.3, -0.25) is 25.1 Å². The molecule has 1 amide bonds. The number of carboxylic acids is 1. The van der Waals surface area contributed by atoms with E-state index >= 15 is 0 Å². The van der Waals surface area contributed by atoms with E-state index in [-0.39, 0.29) is 22.8 Å². The van der Waals surface area contributed by atoms with Gasteiger partial charge in [-0.1, -0.05) is 24.3 Å². The summed E-state index contributed by atoms with van der Waals surface area (Å²) in [6, 6.07) is 15.3. The highest BCUT2D eigenvalue weighted by atomic mass is 32.2. The molecule has 36 heavy (non-hydrogen) atoms. The minimum absolute atomic E-state index is 0.0674. The molecule has 0 spiro atoms. The largest absolute Gasteiger partial charge is 0.478 e. The number of benzene rings is 3. The van der Waals surface area contributed by atoms with Crippen molar-refractivity contribution in [3.05, 3.63) is 88.0 Å². The van der Waals surface area contributed by atoms with Crippen molar-refractivity contribution in [3.63, 3.8) is 0 Å². The van der Waals surface area contributed by atoms with E-state index in [1.54, 1.807) is 31.2 Å². The first kappa shape index (κ1) is 25.8. The molecule has 186 valence electrons. The maximum absolute atomic E-state index is 12.8. The van der Waals surface area contributed by atoms with Gasteiger partial charge < -0.3 is 10.4 Å². The second-order valence-electron chi connectivity index (χ2n) is 7.46. The summed E-state index contributed by atoms with van der Waals surface area (Å²) in [6.45, 7) is 3.02. The standard InChI is InChI=1S/C23H21N5O7S/c1-14(16-6-5-7-17(12-16)24-15(2)29)25-26-21-11-10-18(13-22(21)28(32)33)36(34,35)27-20-9-4-3-8-19(20)23(30)31/h3-13,26-27H,1-2H3,(H,24,29)(H,30,31)/b25-14-. The third-order valence-corrected chi connectivity index (χ3v) is 6.19. The molecule has 0 heterocycles. The zero-order valence-electron chi connectivity index (χ0n) is 19.1. The number of sulfonamides is 1. The van der Waals surface area contributed by atoms with Crippen LogP contribution in [0.1, 0.15) is 29.8 Å². The molecule has 0 aliphatic carbocycles. The van der Waals surface area contributed by atoms with E-state index in [1.807, 2.05) is 0 Å². The maximum atomic E-state index is 12.8. The third kappa shape index (κ3) is 6.21. The molecule has 0 aliphatic heterocycles. The summed E-state index contributed by atoms with van der Waals surface area (Å²) in [5.74, 6) is -1.58. The predicted octanol–water partition coefficient (Wildman–Crippen LogP) is 3.89. The van der Waals surface area contributed by atoms with Gasteiger partial charge in [0.2, 0.25) is 5.91 Å². The van der Waals surface area contributed by atoms with Gasteiger partial charge in [0, 0.05) is 18.7 Å². The molecule has 3 aromatic rings. The van der Waals surface area contributed by atoms with Crippen LogP contribution >= 0.6 is 0 Å². The Bertz CT molecular complexity index is 1490. The van der Waals surface area contributed by atoms with E-state index < -0.39 is 31.5 Å². The Morgan fingerprint density at radius 2 is 1.69 bits per heavy atom. The number of para-hydroxylation sites is 1. The van der Waals surface area contributed by atoms with Gasteiger partial charge in [0.15, 0.2) is 0 Å². The lowest BCUT2D eigenvalue weighted by Gasteiger charge is -2.11. The Hall–Kier alpha value is -4.78. The van der Waals surface area contributed by atoms with E-state index in [2.05, 4.69) is 20.6 Å². The van der Waals surface area contributed by atoms with Crippen LogP contribution in [0.15, 0.2) is 76.7 Å². The van der Waals surface area contributed by atoms with Crippen LogP contribution in [-0.2, 0) is 14.8 Å². The molecule has 12 nitrogen and oxygen atoms in total. The van der Waals surface area contributed by atoms with E-state index in [9.17, 15) is 33.2 Å². The zero-order valence-corrected chi connectivity index (χ0v) is 19.9. The van der Waals surface area contributed by atoms with E-state index in [4.69, 9.17) is 0 Å². The topological polar surface area (TPSA) is 180 Å². The summed E-state index contributed by atoms with van der Waals surface area (Å²) in [4.78, 5) is 33.1. The molecule has 13 heteroatoms. The number of hydrogen-bond acceptors (Lipinski definition) is 8. The van der Waals surface area contributed by atoms with Gasteiger partial charge in [0.1, 0.15) is 5.69 Å². The molecule has 0 bridgehead atoms. The molecule has 4 N–H and O–H groups in total. The number of hydrogen-bond donors (Lipinski definition) is 4. The van der Waals surface area contributed by atoms with Crippen LogP contribution in [0.5, 0.6) is 0 Å². The number of nitro benzene ring substituents is 1. The fraction of sp³-hybridized carbons (Fsp3) is 0.0870. The van der Waals surface area contributed by atoms with Gasteiger partial charge in [-0.25, -0.2) is 13.2 Å². The Morgan fingerprint density at radius 1 is 0.972 bits per heavy atom. The van der Waals surface area contributed by atoms with Crippen LogP contribution in [0.2, 0.25) is 0 Å². The lowest BCUT2D eigenvalue weighted by atomic mass is 10.1. The first-order chi connectivity index (χ1) is 17.0. The molecule has 3 aromatic carbocycles. The number of hydrazone groups is 1. The lowest BCUT2D eigenvalue weighted by Crippen LogP contribution is -2.16. The quantitative estimate of drug-likeness (QED) is 0.190. The fourth-order valence-electron chi connectivity index (χ4n) is 3.12. The van der Waals surface area contributed by atoms with Crippen molar-refractivity contribution in [2.24, 2.45) is 5.10 Å². The number of carbonyl (C=O) groups excluding carboxylic acids is 1. The molecule has 3 rings (SSSR count). The van der Waals surface area contributed by atoms with Crippen LogP contribution in [0.25, 0.3) is 0 Å². The molecule has 0 saturated carbocycles. The predicted molar refractivity (Wildman–Crippen MR) is 134 cm³/mol. The number of anilines is 3. The minimum Gasteiger partial charge on any atom is -0.478 e. The Morgan fingerprint density at radius 3 is 2.36 bits per heavy atom. The summed E-state index contributed by atoms with van der Waals surface area (Å²) in [6.07, 6.45) is 0. The highest BCUT2D eigenvalue weighted by Crippen LogP contribution is 2.29. The summed E-state index contributed by atoms with van der Waals surface area (Å²) in [5, 5.41) is 27.7. The second kappa shape index (κ2) is 10.7. The number of nitrogens with zero attached hydrogens (tertiary/aromatic N) is 2. The molecule has 0 saturated heterocycles. The number of aromatic carboxylic acids is 1. The smallest absolute Gasteiger partial charge is 0.337 e. The van der Waals surface area contributed by atoms with Crippen LogP contribution in [0, 0.1) is 10.1 Å². The lowest BCUT2D eigenvalue weighted by molar-refractivity contribution is -0.384. The van der Waals surface area contributed by atoms with Gasteiger partial charge >= 0.3 is 5.97 Å². The Labute approximate surface area is 205 Å². The number of nitrogens with one attached hydrogen (secondary N) is 3. The van der Waals surface area contributed by atoms with E-state index in [0.717, 1.165) is 12.1 Å². The SMILES string of the molecule is CC(=O)Nc1cccc(/C(C)=N\Nc2ccc(S(=O)(=O)Nc3ccccc3C(=O)O)cc2[N+](=O)[O-])c1. The molecule has 0 radical (unpaired) electrons. The molecule has 0 fully saturated rings. The van der Waals surface area contributed by atoms with Gasteiger partial charge in [0.05, 0.1) is 26.8 Å². The molecular weight excluding hydrogens is 490 g/mol. The van der Waals surface area contributed by atoms with Crippen LogP contribution in [0.3, 0.4) is 0 Å². The number of rotatable bonds is 9. The number of amides is 1. The average Bonchev–Trinajstić information content (AvgIpc) is 2.82. The molecular formula is C23H21N5O7S. The average molecular weight is 512 g/mol. The zero-order chi connectivity index (χ0) is 26.5. The first-order valence-electron chi connectivity index (χ1n) is 10.3. The highest BCUT2D eigenvalue weighted by Gasteiger charge is 2.23. The van der Waals surface area contributed by atoms with Gasteiger partial charge in [-0.2, -0.15) is 5.10 Å². The number of carboxylic acid groups (broad SMARTS) is 1. The normalized spacial score (nSPS) is 11.4. The summed E-state index contributed by atoms with van der Waals surface area (Å²) in [7, 11) is -4.35. The van der Waals surface area contributed by atoms with E-state index in [1.165, 1.54) is 37.3 Å². The van der Waals surface area contributed by atoms with Crippen molar-refractivity contribution in [2.45, 2.75) is 18.7 Å². The number of nitro groups is 1.